The van der Waals surface area contributed by atoms with Gasteiger partial charge in [0.1, 0.15) is 17.5 Å². The van der Waals surface area contributed by atoms with Crippen LogP contribution in [0.5, 0.6) is 5.75 Å². The minimum Gasteiger partial charge on any atom is -0.495 e. The van der Waals surface area contributed by atoms with Gasteiger partial charge in [0, 0.05) is 45.9 Å². The number of aromatic nitrogens is 3. The molecule has 4 aliphatic rings. The number of piperidine rings is 3. The van der Waals surface area contributed by atoms with E-state index in [9.17, 15) is 9.59 Å². The maximum atomic E-state index is 13.5. The number of hydrogen-bond acceptors (Lipinski definition) is 6. The van der Waals surface area contributed by atoms with Gasteiger partial charge in [-0.25, -0.2) is 4.68 Å². The van der Waals surface area contributed by atoms with Crippen LogP contribution in [-0.4, -0.2) is 84.0 Å². The van der Waals surface area contributed by atoms with E-state index in [1.165, 1.54) is 11.8 Å². The van der Waals surface area contributed by atoms with E-state index in [0.717, 1.165) is 70.1 Å². The summed E-state index contributed by atoms with van der Waals surface area (Å²) < 4.78 is 7.31. The van der Waals surface area contributed by atoms with E-state index in [2.05, 4.69) is 26.2 Å². The Labute approximate surface area is 194 Å². The van der Waals surface area contributed by atoms with Crippen molar-refractivity contribution in [2.24, 2.45) is 11.8 Å². The maximum Gasteiger partial charge on any atom is 0.231 e. The van der Waals surface area contributed by atoms with Crippen LogP contribution in [0.2, 0.25) is 0 Å². The molecule has 6 rings (SSSR count). The number of amides is 1. The van der Waals surface area contributed by atoms with Gasteiger partial charge in [0.05, 0.1) is 44.5 Å². The zero-order valence-electron chi connectivity index (χ0n) is 19.4. The Morgan fingerprint density at radius 3 is 2.64 bits per heavy atom. The van der Waals surface area contributed by atoms with Crippen LogP contribution in [0.3, 0.4) is 0 Å². The summed E-state index contributed by atoms with van der Waals surface area (Å²) in [6.45, 7) is 7.44. The van der Waals surface area contributed by atoms with E-state index in [1.54, 1.807) is 18.0 Å². The van der Waals surface area contributed by atoms with Crippen LogP contribution in [0.4, 0.5) is 5.69 Å². The van der Waals surface area contributed by atoms with Gasteiger partial charge in [-0.2, -0.15) is 0 Å². The lowest BCUT2D eigenvalue weighted by Gasteiger charge is -2.47. The zero-order valence-corrected chi connectivity index (χ0v) is 19.4. The molecule has 4 fully saturated rings. The number of fused-ring (bicyclic) bond motifs is 3. The molecule has 2 bridgehead atoms. The number of nitrogens with zero attached hydrogens (tertiary/aromatic N) is 5. The van der Waals surface area contributed by atoms with Crippen molar-refractivity contribution < 1.29 is 19.2 Å². The summed E-state index contributed by atoms with van der Waals surface area (Å²) in [5.74, 6) is 1.70. The molecule has 9 heteroatoms. The van der Waals surface area contributed by atoms with Crippen molar-refractivity contribution in [3.63, 3.8) is 0 Å². The van der Waals surface area contributed by atoms with Crippen molar-refractivity contribution in [1.82, 2.24) is 19.9 Å². The predicted molar refractivity (Wildman–Crippen MR) is 123 cm³/mol. The van der Waals surface area contributed by atoms with Crippen LogP contribution in [0.1, 0.15) is 30.3 Å². The number of ether oxygens (including phenoxy) is 1. The van der Waals surface area contributed by atoms with Crippen LogP contribution >= 0.6 is 0 Å². The van der Waals surface area contributed by atoms with Crippen molar-refractivity contribution in [2.75, 3.05) is 51.3 Å². The van der Waals surface area contributed by atoms with Gasteiger partial charge in [0.25, 0.3) is 0 Å². The molecule has 0 saturated carbocycles. The number of hydrogen-bond donors (Lipinski definition) is 1. The molecule has 4 saturated heterocycles. The molecule has 9 nitrogen and oxygen atoms in total. The standard InChI is InChI=1S/C24H32N6O3/c1-17(31)21-16-30(26-25-21)14-19-13-18-7-8-29(19)15-20(18)24(32)28-11-9-27(10-12-28)22-5-3-4-6-23(22)33-2/h3-6,16,18-20H,7-15H2,1-2H3/p+1/t18-,19-,20+/m1/s1. The van der Waals surface area contributed by atoms with Crippen molar-refractivity contribution >= 4 is 17.4 Å². The number of piperazine rings is 1. The highest BCUT2D eigenvalue weighted by Gasteiger charge is 2.48. The first kappa shape index (κ1) is 21.9. The summed E-state index contributed by atoms with van der Waals surface area (Å²) in [5, 5.41) is 8.10. The Morgan fingerprint density at radius 2 is 1.97 bits per heavy atom. The topological polar surface area (TPSA) is 85.0 Å². The Hall–Kier alpha value is -2.94. The van der Waals surface area contributed by atoms with Gasteiger partial charge in [-0.3, -0.25) is 9.59 Å². The number of benzene rings is 1. The van der Waals surface area contributed by atoms with E-state index in [4.69, 9.17) is 4.74 Å². The molecule has 33 heavy (non-hydrogen) atoms. The lowest BCUT2D eigenvalue weighted by atomic mass is 9.75. The van der Waals surface area contributed by atoms with Gasteiger partial charge < -0.3 is 19.4 Å². The summed E-state index contributed by atoms with van der Waals surface area (Å²) >= 11 is 0. The summed E-state index contributed by atoms with van der Waals surface area (Å²) in [6.07, 6.45) is 3.89. The molecular weight excluding hydrogens is 420 g/mol. The van der Waals surface area contributed by atoms with Crippen molar-refractivity contribution in [3.05, 3.63) is 36.2 Å². The molecule has 1 aromatic heterocycles. The number of Topliss-reactive ketones (excluding diaryl/α,β-unsaturated/α-hetero) is 1. The van der Waals surface area contributed by atoms with E-state index in [0.29, 0.717) is 23.6 Å². The minimum absolute atomic E-state index is 0.0597. The summed E-state index contributed by atoms with van der Waals surface area (Å²) in [4.78, 5) is 30.8. The van der Waals surface area contributed by atoms with Gasteiger partial charge in [-0.1, -0.05) is 17.3 Å². The molecule has 0 spiro atoms. The zero-order chi connectivity index (χ0) is 22.9. The molecule has 4 atom stereocenters. The monoisotopic (exact) mass is 453 g/mol. The Balaban J connectivity index is 1.18. The number of para-hydroxylation sites is 2. The molecule has 0 radical (unpaired) electrons. The first-order valence-corrected chi connectivity index (χ1v) is 12.0. The SMILES string of the molecule is COc1ccccc1N1CCN(C(=O)[C@H]2C[NH+]3CC[C@@H]2C[C@@H]3Cn2cc(C(C)=O)nn2)CC1. The maximum absolute atomic E-state index is 13.5. The second-order valence-corrected chi connectivity index (χ2v) is 9.57. The molecule has 1 unspecified atom stereocenters. The van der Waals surface area contributed by atoms with E-state index < -0.39 is 0 Å². The predicted octanol–water partition coefficient (Wildman–Crippen LogP) is 0.131. The normalized spacial score (nSPS) is 27.0. The summed E-state index contributed by atoms with van der Waals surface area (Å²) in [6, 6.07) is 8.51. The molecule has 1 N–H and O–H groups in total. The lowest BCUT2D eigenvalue weighted by Crippen LogP contribution is -3.20. The van der Waals surface area contributed by atoms with Gasteiger partial charge in [0.15, 0.2) is 5.78 Å². The Bertz CT molecular complexity index is 1020. The van der Waals surface area contributed by atoms with Crippen molar-refractivity contribution in [2.45, 2.75) is 32.4 Å². The van der Waals surface area contributed by atoms with Gasteiger partial charge in [-0.15, -0.1) is 5.10 Å². The Morgan fingerprint density at radius 1 is 1.18 bits per heavy atom. The molecular formula is C24H33N6O3+. The molecule has 5 heterocycles. The number of anilines is 1. The van der Waals surface area contributed by atoms with Crippen LogP contribution in [0.15, 0.2) is 30.5 Å². The van der Waals surface area contributed by atoms with E-state index >= 15 is 0 Å². The van der Waals surface area contributed by atoms with Crippen molar-refractivity contribution in [3.8, 4) is 5.75 Å². The number of nitrogens with one attached hydrogen (secondary N) is 1. The lowest BCUT2D eigenvalue weighted by molar-refractivity contribution is -0.945. The molecule has 2 aromatic rings. The second kappa shape index (κ2) is 9.13. The average Bonchev–Trinajstić information content (AvgIpc) is 3.33. The smallest absolute Gasteiger partial charge is 0.231 e. The van der Waals surface area contributed by atoms with Crippen LogP contribution in [0.25, 0.3) is 0 Å². The highest BCUT2D eigenvalue weighted by Crippen LogP contribution is 2.31. The van der Waals surface area contributed by atoms with Gasteiger partial charge >= 0.3 is 0 Å². The number of rotatable bonds is 6. The number of carbonyl (C=O) groups excluding carboxylic acids is 2. The minimum atomic E-state index is -0.0597. The fourth-order valence-electron chi connectivity index (χ4n) is 5.87. The number of ketones is 1. The third-order valence-electron chi connectivity index (χ3n) is 7.69. The van der Waals surface area contributed by atoms with E-state index in [-0.39, 0.29) is 11.7 Å². The number of carbonyl (C=O) groups is 2. The highest BCUT2D eigenvalue weighted by atomic mass is 16.5. The van der Waals surface area contributed by atoms with Crippen LogP contribution < -0.4 is 14.5 Å². The molecule has 1 aromatic carbocycles. The molecule has 176 valence electrons. The van der Waals surface area contributed by atoms with E-state index in [1.807, 2.05) is 18.2 Å². The average molecular weight is 454 g/mol. The first-order valence-electron chi connectivity index (χ1n) is 12.0. The van der Waals surface area contributed by atoms with Crippen LogP contribution in [-0.2, 0) is 11.3 Å². The summed E-state index contributed by atoms with van der Waals surface area (Å²) in [5.41, 5.74) is 1.52. The third-order valence-corrected chi connectivity index (χ3v) is 7.69. The molecule has 0 aliphatic carbocycles. The number of quaternary nitrogens is 1. The fourth-order valence-corrected chi connectivity index (χ4v) is 5.87. The van der Waals surface area contributed by atoms with Crippen LogP contribution in [0, 0.1) is 11.8 Å². The summed E-state index contributed by atoms with van der Waals surface area (Å²) in [7, 11) is 1.70. The highest BCUT2D eigenvalue weighted by molar-refractivity contribution is 5.91. The van der Waals surface area contributed by atoms with Crippen molar-refractivity contribution in [1.29, 1.82) is 0 Å². The molecule has 1 amide bonds. The van der Waals surface area contributed by atoms with Gasteiger partial charge in [-0.05, 0) is 18.1 Å². The second-order valence-electron chi connectivity index (χ2n) is 9.57. The quantitative estimate of drug-likeness (QED) is 0.626. The Kier molecular flexibility index (Phi) is 6.05. The number of methoxy groups -OCH3 is 1. The first-order chi connectivity index (χ1) is 16.0. The largest absolute Gasteiger partial charge is 0.495 e. The fraction of sp³-hybridized carbons (Fsp3) is 0.583. The molecule has 4 aliphatic heterocycles. The third kappa shape index (κ3) is 4.34. The van der Waals surface area contributed by atoms with Gasteiger partial charge in [0.2, 0.25) is 5.91 Å².